The SMILES string of the molecule is Nc1c(Cc2cccnc2)cccc1C(=O)O. The molecule has 3 N–H and O–H groups in total. The summed E-state index contributed by atoms with van der Waals surface area (Å²) in [4.78, 5) is 14.9. The first kappa shape index (κ1) is 11.1. The van der Waals surface area contributed by atoms with Crippen LogP contribution in [0.25, 0.3) is 0 Å². The highest BCUT2D eigenvalue weighted by molar-refractivity contribution is 5.94. The van der Waals surface area contributed by atoms with Gasteiger partial charge < -0.3 is 10.8 Å². The number of nitrogen functional groups attached to an aromatic ring is 1. The first-order valence-corrected chi connectivity index (χ1v) is 5.18. The van der Waals surface area contributed by atoms with Crippen LogP contribution in [0.15, 0.2) is 42.7 Å². The Balaban J connectivity index is 2.34. The van der Waals surface area contributed by atoms with Crippen molar-refractivity contribution in [1.29, 1.82) is 0 Å². The van der Waals surface area contributed by atoms with Gasteiger partial charge in [0, 0.05) is 24.5 Å². The summed E-state index contributed by atoms with van der Waals surface area (Å²) >= 11 is 0. The quantitative estimate of drug-likeness (QED) is 0.787. The number of hydrogen-bond donors (Lipinski definition) is 2. The van der Waals surface area contributed by atoms with Crippen LogP contribution in [0.3, 0.4) is 0 Å². The number of para-hydroxylation sites is 1. The minimum absolute atomic E-state index is 0.145. The van der Waals surface area contributed by atoms with Crippen molar-refractivity contribution in [2.75, 3.05) is 5.73 Å². The number of anilines is 1. The molecule has 86 valence electrons. The van der Waals surface area contributed by atoms with Gasteiger partial charge in [-0.15, -0.1) is 0 Å². The van der Waals surface area contributed by atoms with Crippen molar-refractivity contribution in [3.63, 3.8) is 0 Å². The monoisotopic (exact) mass is 228 g/mol. The Kier molecular flexibility index (Phi) is 3.05. The first-order chi connectivity index (χ1) is 8.18. The van der Waals surface area contributed by atoms with E-state index < -0.39 is 5.97 Å². The fourth-order valence-electron chi connectivity index (χ4n) is 1.68. The van der Waals surface area contributed by atoms with E-state index in [9.17, 15) is 4.79 Å². The Labute approximate surface area is 98.7 Å². The normalized spacial score (nSPS) is 10.1. The first-order valence-electron chi connectivity index (χ1n) is 5.18. The molecule has 0 atom stereocenters. The van der Waals surface area contributed by atoms with Crippen LogP contribution in [0.2, 0.25) is 0 Å². The summed E-state index contributed by atoms with van der Waals surface area (Å²) in [5, 5.41) is 8.96. The maximum atomic E-state index is 10.9. The Morgan fingerprint density at radius 1 is 1.29 bits per heavy atom. The maximum Gasteiger partial charge on any atom is 0.337 e. The summed E-state index contributed by atoms with van der Waals surface area (Å²) in [5.41, 5.74) is 8.10. The minimum atomic E-state index is -1.00. The van der Waals surface area contributed by atoms with Gasteiger partial charge in [0.05, 0.1) is 5.56 Å². The second-order valence-electron chi connectivity index (χ2n) is 3.72. The van der Waals surface area contributed by atoms with Gasteiger partial charge in [-0.2, -0.15) is 0 Å². The fourth-order valence-corrected chi connectivity index (χ4v) is 1.68. The molecule has 17 heavy (non-hydrogen) atoms. The van der Waals surface area contributed by atoms with Crippen LogP contribution in [0, 0.1) is 0 Å². The highest BCUT2D eigenvalue weighted by Gasteiger charge is 2.10. The number of pyridine rings is 1. The molecule has 4 heteroatoms. The number of nitrogens with two attached hydrogens (primary N) is 1. The van der Waals surface area contributed by atoms with E-state index in [1.807, 2.05) is 18.2 Å². The number of carbonyl (C=O) groups is 1. The zero-order valence-corrected chi connectivity index (χ0v) is 9.13. The summed E-state index contributed by atoms with van der Waals surface area (Å²) in [5.74, 6) is -1.00. The number of benzene rings is 1. The molecule has 2 aromatic rings. The average molecular weight is 228 g/mol. The van der Waals surface area contributed by atoms with Gasteiger partial charge >= 0.3 is 5.97 Å². The average Bonchev–Trinajstić information content (AvgIpc) is 2.33. The van der Waals surface area contributed by atoms with Crippen LogP contribution >= 0.6 is 0 Å². The molecule has 0 aliphatic heterocycles. The van der Waals surface area contributed by atoms with E-state index in [0.717, 1.165) is 11.1 Å². The molecule has 4 nitrogen and oxygen atoms in total. The molecular weight excluding hydrogens is 216 g/mol. The van der Waals surface area contributed by atoms with Crippen molar-refractivity contribution in [2.45, 2.75) is 6.42 Å². The van der Waals surface area contributed by atoms with Crippen LogP contribution in [0.1, 0.15) is 21.5 Å². The van der Waals surface area contributed by atoms with Crippen molar-refractivity contribution in [3.05, 3.63) is 59.4 Å². The molecule has 0 saturated carbocycles. The summed E-state index contributed by atoms with van der Waals surface area (Å²) in [6, 6.07) is 8.80. The van der Waals surface area contributed by atoms with Crippen LogP contribution in [0.5, 0.6) is 0 Å². The number of carboxylic acid groups (broad SMARTS) is 1. The maximum absolute atomic E-state index is 10.9. The third-order valence-corrected chi connectivity index (χ3v) is 2.54. The molecule has 1 aromatic heterocycles. The molecule has 0 radical (unpaired) electrons. The molecule has 0 spiro atoms. The molecule has 0 aliphatic rings. The molecule has 1 heterocycles. The van der Waals surface area contributed by atoms with Gasteiger partial charge in [0.15, 0.2) is 0 Å². The van der Waals surface area contributed by atoms with E-state index in [4.69, 9.17) is 10.8 Å². The van der Waals surface area contributed by atoms with Crippen LogP contribution in [-0.4, -0.2) is 16.1 Å². The summed E-state index contributed by atoms with van der Waals surface area (Å²) in [7, 11) is 0. The van der Waals surface area contributed by atoms with Gasteiger partial charge in [-0.25, -0.2) is 4.79 Å². The Bertz CT molecular complexity index is 538. The number of rotatable bonds is 3. The zero-order chi connectivity index (χ0) is 12.3. The lowest BCUT2D eigenvalue weighted by molar-refractivity contribution is 0.0698. The summed E-state index contributed by atoms with van der Waals surface area (Å²) < 4.78 is 0. The lowest BCUT2D eigenvalue weighted by atomic mass is 10.0. The van der Waals surface area contributed by atoms with Gasteiger partial charge in [0.2, 0.25) is 0 Å². The van der Waals surface area contributed by atoms with Gasteiger partial charge in [-0.3, -0.25) is 4.98 Å². The van der Waals surface area contributed by atoms with Crippen LogP contribution in [-0.2, 0) is 6.42 Å². The van der Waals surface area contributed by atoms with Crippen molar-refractivity contribution in [2.24, 2.45) is 0 Å². The molecule has 0 unspecified atom stereocenters. The van der Waals surface area contributed by atoms with Crippen molar-refractivity contribution < 1.29 is 9.90 Å². The number of aromatic nitrogens is 1. The van der Waals surface area contributed by atoms with Crippen molar-refractivity contribution >= 4 is 11.7 Å². The minimum Gasteiger partial charge on any atom is -0.478 e. The number of carboxylic acids is 1. The smallest absolute Gasteiger partial charge is 0.337 e. The standard InChI is InChI=1S/C13H12N2O2/c14-12-10(4-1-5-11(12)13(16)17)7-9-3-2-6-15-8-9/h1-6,8H,7,14H2,(H,16,17). The molecule has 1 aromatic carbocycles. The van der Waals surface area contributed by atoms with E-state index in [1.54, 1.807) is 18.5 Å². The molecular formula is C13H12N2O2. The highest BCUT2D eigenvalue weighted by Crippen LogP contribution is 2.20. The third-order valence-electron chi connectivity index (χ3n) is 2.54. The number of nitrogens with zero attached hydrogens (tertiary/aromatic N) is 1. The summed E-state index contributed by atoms with van der Waals surface area (Å²) in [6.45, 7) is 0. The van der Waals surface area contributed by atoms with E-state index in [1.165, 1.54) is 6.07 Å². The van der Waals surface area contributed by atoms with Crippen LogP contribution < -0.4 is 5.73 Å². The fraction of sp³-hybridized carbons (Fsp3) is 0.0769. The highest BCUT2D eigenvalue weighted by atomic mass is 16.4. The Morgan fingerprint density at radius 2 is 2.12 bits per heavy atom. The van der Waals surface area contributed by atoms with E-state index in [2.05, 4.69) is 4.98 Å². The van der Waals surface area contributed by atoms with Crippen molar-refractivity contribution in [1.82, 2.24) is 4.98 Å². The Hall–Kier alpha value is -2.36. The molecule has 2 rings (SSSR count). The lowest BCUT2D eigenvalue weighted by Crippen LogP contribution is -2.05. The zero-order valence-electron chi connectivity index (χ0n) is 9.13. The molecule has 0 saturated heterocycles. The summed E-state index contributed by atoms with van der Waals surface area (Å²) in [6.07, 6.45) is 4.02. The number of hydrogen-bond acceptors (Lipinski definition) is 3. The van der Waals surface area contributed by atoms with Gasteiger partial charge in [-0.1, -0.05) is 18.2 Å². The third kappa shape index (κ3) is 2.42. The topological polar surface area (TPSA) is 76.2 Å². The van der Waals surface area contributed by atoms with E-state index in [0.29, 0.717) is 12.1 Å². The number of aromatic carboxylic acids is 1. The van der Waals surface area contributed by atoms with Gasteiger partial charge in [0.25, 0.3) is 0 Å². The molecule has 0 amide bonds. The van der Waals surface area contributed by atoms with E-state index >= 15 is 0 Å². The predicted octanol–water partition coefficient (Wildman–Crippen LogP) is 1.95. The van der Waals surface area contributed by atoms with Gasteiger partial charge in [-0.05, 0) is 23.3 Å². The van der Waals surface area contributed by atoms with E-state index in [-0.39, 0.29) is 5.56 Å². The lowest BCUT2D eigenvalue weighted by Gasteiger charge is -2.08. The second kappa shape index (κ2) is 4.65. The Morgan fingerprint density at radius 3 is 2.76 bits per heavy atom. The largest absolute Gasteiger partial charge is 0.478 e. The predicted molar refractivity (Wildman–Crippen MR) is 64.9 cm³/mol. The van der Waals surface area contributed by atoms with Crippen molar-refractivity contribution in [3.8, 4) is 0 Å². The molecule has 0 aliphatic carbocycles. The second-order valence-corrected chi connectivity index (χ2v) is 3.72. The molecule has 0 fully saturated rings. The van der Waals surface area contributed by atoms with Gasteiger partial charge in [0.1, 0.15) is 0 Å². The molecule has 0 bridgehead atoms. The van der Waals surface area contributed by atoms with Crippen LogP contribution in [0.4, 0.5) is 5.69 Å².